The molecule has 0 aromatic heterocycles. The SMILES string of the molecule is CC(C(=O)O)N(C)C(=O)N1CCCc2ccccc21. The zero-order chi connectivity index (χ0) is 14.0. The molecule has 1 aliphatic rings. The van der Waals surface area contributed by atoms with Crippen LogP contribution in [0.25, 0.3) is 0 Å². The summed E-state index contributed by atoms with van der Waals surface area (Å²) in [6.07, 6.45) is 1.86. The number of aliphatic carboxylic acids is 1. The third kappa shape index (κ3) is 2.54. The summed E-state index contributed by atoms with van der Waals surface area (Å²) >= 11 is 0. The highest BCUT2D eigenvalue weighted by Crippen LogP contribution is 2.27. The molecule has 19 heavy (non-hydrogen) atoms. The van der Waals surface area contributed by atoms with Gasteiger partial charge in [0.2, 0.25) is 0 Å². The summed E-state index contributed by atoms with van der Waals surface area (Å²) < 4.78 is 0. The molecule has 5 nitrogen and oxygen atoms in total. The van der Waals surface area contributed by atoms with E-state index in [9.17, 15) is 9.59 Å². The van der Waals surface area contributed by atoms with Crippen LogP contribution in [0, 0.1) is 0 Å². The molecule has 1 aliphatic heterocycles. The number of hydrogen-bond donors (Lipinski definition) is 1. The Kier molecular flexibility index (Phi) is 3.74. The maximum Gasteiger partial charge on any atom is 0.326 e. The molecule has 0 radical (unpaired) electrons. The van der Waals surface area contributed by atoms with Crippen molar-refractivity contribution in [2.24, 2.45) is 0 Å². The maximum atomic E-state index is 12.4. The molecule has 0 aliphatic carbocycles. The number of carboxylic acids is 1. The summed E-state index contributed by atoms with van der Waals surface area (Å²) in [7, 11) is 1.53. The smallest absolute Gasteiger partial charge is 0.326 e. The lowest BCUT2D eigenvalue weighted by Gasteiger charge is -2.34. The number of rotatable bonds is 2. The highest BCUT2D eigenvalue weighted by Gasteiger charge is 2.29. The molecule has 1 aromatic carbocycles. The number of carbonyl (C=O) groups is 2. The number of carboxylic acid groups (broad SMARTS) is 1. The number of benzene rings is 1. The van der Waals surface area contributed by atoms with Crippen LogP contribution >= 0.6 is 0 Å². The van der Waals surface area contributed by atoms with E-state index < -0.39 is 12.0 Å². The minimum absolute atomic E-state index is 0.262. The van der Waals surface area contributed by atoms with Crippen molar-refractivity contribution in [2.75, 3.05) is 18.5 Å². The van der Waals surface area contributed by atoms with Crippen LogP contribution in [0.5, 0.6) is 0 Å². The number of amides is 2. The van der Waals surface area contributed by atoms with E-state index >= 15 is 0 Å². The Balaban J connectivity index is 2.24. The highest BCUT2D eigenvalue weighted by atomic mass is 16.4. The Morgan fingerprint density at radius 2 is 2.05 bits per heavy atom. The van der Waals surface area contributed by atoms with Gasteiger partial charge in [0.15, 0.2) is 0 Å². The highest BCUT2D eigenvalue weighted by molar-refractivity contribution is 5.95. The Morgan fingerprint density at radius 3 is 2.74 bits per heavy atom. The predicted octanol–water partition coefficient (Wildman–Crippen LogP) is 1.96. The second-order valence-electron chi connectivity index (χ2n) is 4.79. The van der Waals surface area contributed by atoms with Crippen molar-refractivity contribution in [1.29, 1.82) is 0 Å². The lowest BCUT2D eigenvalue weighted by atomic mass is 10.0. The van der Waals surface area contributed by atoms with Gasteiger partial charge >= 0.3 is 12.0 Å². The number of aryl methyl sites for hydroxylation is 1. The number of hydrogen-bond acceptors (Lipinski definition) is 2. The average Bonchev–Trinajstić information content (AvgIpc) is 2.44. The van der Waals surface area contributed by atoms with Crippen molar-refractivity contribution in [3.05, 3.63) is 29.8 Å². The maximum absolute atomic E-state index is 12.4. The van der Waals surface area contributed by atoms with Crippen molar-refractivity contribution in [1.82, 2.24) is 4.90 Å². The van der Waals surface area contributed by atoms with E-state index in [0.717, 1.165) is 24.1 Å². The van der Waals surface area contributed by atoms with Gasteiger partial charge in [0.05, 0.1) is 0 Å². The summed E-state index contributed by atoms with van der Waals surface area (Å²) in [4.78, 5) is 26.3. The third-order valence-corrected chi connectivity index (χ3v) is 3.58. The van der Waals surface area contributed by atoms with Gasteiger partial charge in [0, 0.05) is 19.3 Å². The number of para-hydroxylation sites is 1. The van der Waals surface area contributed by atoms with Crippen molar-refractivity contribution in [3.63, 3.8) is 0 Å². The minimum Gasteiger partial charge on any atom is -0.480 e. The summed E-state index contributed by atoms with van der Waals surface area (Å²) in [5.41, 5.74) is 2.03. The van der Waals surface area contributed by atoms with Crippen LogP contribution in [0.15, 0.2) is 24.3 Å². The Bertz CT molecular complexity index is 501. The van der Waals surface area contributed by atoms with Crippen LogP contribution in [0.1, 0.15) is 18.9 Å². The predicted molar refractivity (Wildman–Crippen MR) is 72.4 cm³/mol. The van der Waals surface area contributed by atoms with E-state index in [0.29, 0.717) is 6.54 Å². The zero-order valence-corrected chi connectivity index (χ0v) is 11.2. The van der Waals surface area contributed by atoms with Gasteiger partial charge in [-0.2, -0.15) is 0 Å². The van der Waals surface area contributed by atoms with Crippen LogP contribution in [0.3, 0.4) is 0 Å². The largest absolute Gasteiger partial charge is 0.480 e. The molecule has 0 bridgehead atoms. The van der Waals surface area contributed by atoms with Gasteiger partial charge in [0.25, 0.3) is 0 Å². The molecule has 1 N–H and O–H groups in total. The van der Waals surface area contributed by atoms with Gasteiger partial charge in [-0.05, 0) is 31.4 Å². The lowest BCUT2D eigenvalue weighted by molar-refractivity contribution is -0.141. The van der Waals surface area contributed by atoms with Gasteiger partial charge < -0.3 is 10.0 Å². The lowest BCUT2D eigenvalue weighted by Crippen LogP contribution is -2.49. The quantitative estimate of drug-likeness (QED) is 0.886. The van der Waals surface area contributed by atoms with Crippen molar-refractivity contribution >= 4 is 17.7 Å². The molecule has 1 aromatic rings. The molecule has 0 saturated heterocycles. The molecular formula is C14H18N2O3. The second-order valence-corrected chi connectivity index (χ2v) is 4.79. The second kappa shape index (κ2) is 5.30. The fraction of sp³-hybridized carbons (Fsp3) is 0.429. The molecule has 0 saturated carbocycles. The number of likely N-dealkylation sites (N-methyl/N-ethyl adjacent to an activating group) is 1. The standard InChI is InChI=1S/C14H18N2O3/c1-10(13(17)18)15(2)14(19)16-9-5-7-11-6-3-4-8-12(11)16/h3-4,6,8,10H,5,7,9H2,1-2H3,(H,17,18). The monoisotopic (exact) mass is 262 g/mol. The number of nitrogens with zero attached hydrogens (tertiary/aromatic N) is 2. The average molecular weight is 262 g/mol. The number of urea groups is 1. The normalized spacial score (nSPS) is 15.6. The van der Waals surface area contributed by atoms with Gasteiger partial charge in [0.1, 0.15) is 6.04 Å². The van der Waals surface area contributed by atoms with Crippen LogP contribution in [-0.4, -0.2) is 41.6 Å². The Hall–Kier alpha value is -2.04. The topological polar surface area (TPSA) is 60.9 Å². The summed E-state index contributed by atoms with van der Waals surface area (Å²) in [5, 5.41) is 8.98. The zero-order valence-electron chi connectivity index (χ0n) is 11.2. The molecule has 1 unspecified atom stereocenters. The Labute approximate surface area is 112 Å². The fourth-order valence-electron chi connectivity index (χ4n) is 2.25. The van der Waals surface area contributed by atoms with E-state index in [1.165, 1.54) is 18.9 Å². The molecule has 0 spiro atoms. The van der Waals surface area contributed by atoms with Crippen molar-refractivity contribution in [3.8, 4) is 0 Å². The first kappa shape index (κ1) is 13.4. The molecule has 2 amide bonds. The van der Waals surface area contributed by atoms with Crippen LogP contribution in [0.2, 0.25) is 0 Å². The van der Waals surface area contributed by atoms with E-state index in [-0.39, 0.29) is 6.03 Å². The van der Waals surface area contributed by atoms with E-state index in [1.54, 1.807) is 4.90 Å². The molecule has 5 heteroatoms. The molecule has 0 fully saturated rings. The first-order valence-corrected chi connectivity index (χ1v) is 6.37. The number of fused-ring (bicyclic) bond motifs is 1. The first-order chi connectivity index (χ1) is 9.02. The summed E-state index contributed by atoms with van der Waals surface area (Å²) in [6.45, 7) is 2.14. The summed E-state index contributed by atoms with van der Waals surface area (Å²) in [6, 6.07) is 6.67. The first-order valence-electron chi connectivity index (χ1n) is 6.37. The third-order valence-electron chi connectivity index (χ3n) is 3.58. The van der Waals surface area contributed by atoms with Gasteiger partial charge in [-0.1, -0.05) is 18.2 Å². The summed E-state index contributed by atoms with van der Waals surface area (Å²) in [5.74, 6) is -0.999. The van der Waals surface area contributed by atoms with E-state index in [4.69, 9.17) is 5.11 Å². The van der Waals surface area contributed by atoms with Gasteiger partial charge in [-0.15, -0.1) is 0 Å². The van der Waals surface area contributed by atoms with Crippen LogP contribution < -0.4 is 4.90 Å². The van der Waals surface area contributed by atoms with Crippen LogP contribution in [0.4, 0.5) is 10.5 Å². The van der Waals surface area contributed by atoms with E-state index in [1.807, 2.05) is 24.3 Å². The molecule has 102 valence electrons. The van der Waals surface area contributed by atoms with Crippen molar-refractivity contribution in [2.45, 2.75) is 25.8 Å². The molecule has 1 heterocycles. The molecule has 2 rings (SSSR count). The van der Waals surface area contributed by atoms with Gasteiger partial charge in [-0.3, -0.25) is 4.90 Å². The fourth-order valence-corrected chi connectivity index (χ4v) is 2.25. The minimum atomic E-state index is -0.999. The molecule has 1 atom stereocenters. The number of carbonyl (C=O) groups excluding carboxylic acids is 1. The number of anilines is 1. The Morgan fingerprint density at radius 1 is 1.37 bits per heavy atom. The van der Waals surface area contributed by atoms with Gasteiger partial charge in [-0.25, -0.2) is 9.59 Å². The van der Waals surface area contributed by atoms with Crippen molar-refractivity contribution < 1.29 is 14.7 Å². The van der Waals surface area contributed by atoms with E-state index in [2.05, 4.69) is 0 Å². The molecular weight excluding hydrogens is 244 g/mol. The van der Waals surface area contributed by atoms with Crippen LogP contribution in [-0.2, 0) is 11.2 Å².